The van der Waals surface area contributed by atoms with Crippen molar-refractivity contribution in [3.05, 3.63) is 65.2 Å². The van der Waals surface area contributed by atoms with Gasteiger partial charge >= 0.3 is 0 Å². The van der Waals surface area contributed by atoms with E-state index in [1.165, 1.54) is 6.92 Å². The highest BCUT2D eigenvalue weighted by molar-refractivity contribution is 5.94. The quantitative estimate of drug-likeness (QED) is 0.821. The molecule has 0 aliphatic carbocycles. The van der Waals surface area contributed by atoms with Crippen molar-refractivity contribution in [2.45, 2.75) is 26.8 Å². The zero-order valence-electron chi connectivity index (χ0n) is 13.9. The predicted molar refractivity (Wildman–Crippen MR) is 95.2 cm³/mol. The Morgan fingerprint density at radius 1 is 1.04 bits per heavy atom. The summed E-state index contributed by atoms with van der Waals surface area (Å²) in [6, 6.07) is 15.8. The van der Waals surface area contributed by atoms with E-state index in [0.717, 1.165) is 22.4 Å². The Morgan fingerprint density at radius 3 is 2.25 bits per heavy atom. The van der Waals surface area contributed by atoms with E-state index in [1.54, 1.807) is 0 Å². The van der Waals surface area contributed by atoms with Gasteiger partial charge < -0.3 is 10.6 Å². The van der Waals surface area contributed by atoms with Gasteiger partial charge in [-0.1, -0.05) is 49.1 Å². The average molecular weight is 320 g/mol. The maximum atomic E-state index is 12.3. The van der Waals surface area contributed by atoms with Gasteiger partial charge in [-0.05, 0) is 23.8 Å². The van der Waals surface area contributed by atoms with Crippen LogP contribution < -0.4 is 10.6 Å². The van der Waals surface area contributed by atoms with Gasteiger partial charge in [-0.25, -0.2) is 0 Å². The average Bonchev–Trinajstić information content (AvgIpc) is 2.56. The molecule has 1 aliphatic rings. The van der Waals surface area contributed by atoms with Crippen LogP contribution in [-0.2, 0) is 16.1 Å². The van der Waals surface area contributed by atoms with Crippen LogP contribution in [0.25, 0.3) is 0 Å². The molecule has 0 spiro atoms. The van der Waals surface area contributed by atoms with Crippen LogP contribution in [0, 0.1) is 11.8 Å². The van der Waals surface area contributed by atoms with Crippen LogP contribution in [0.4, 0.5) is 5.69 Å². The van der Waals surface area contributed by atoms with Crippen LogP contribution in [0.1, 0.15) is 37.0 Å². The summed E-state index contributed by atoms with van der Waals surface area (Å²) in [6.07, 6.45) is 0.490. The number of hydrogen-bond acceptors (Lipinski definition) is 2. The van der Waals surface area contributed by atoms with Crippen molar-refractivity contribution < 1.29 is 9.59 Å². The van der Waals surface area contributed by atoms with Gasteiger partial charge in [0.05, 0.1) is 12.2 Å². The number of hydrogen-bond donors (Lipinski definition) is 1. The van der Waals surface area contributed by atoms with Crippen LogP contribution in [0.2, 0.25) is 0 Å². The fourth-order valence-corrected chi connectivity index (χ4v) is 2.40. The number of fused-ring (bicyclic) bond motifs is 2. The number of carbonyl (C=O) groups excluding carboxylic acids is 2. The lowest BCUT2D eigenvalue weighted by molar-refractivity contribution is -0.118. The van der Waals surface area contributed by atoms with Crippen molar-refractivity contribution in [1.29, 1.82) is 0 Å². The van der Waals surface area contributed by atoms with E-state index in [2.05, 4.69) is 17.6 Å². The first-order valence-corrected chi connectivity index (χ1v) is 7.78. The Kier molecular flexibility index (Phi) is 5.75. The van der Waals surface area contributed by atoms with Gasteiger partial charge in [0.25, 0.3) is 0 Å². The first-order valence-electron chi connectivity index (χ1n) is 7.78. The summed E-state index contributed by atoms with van der Waals surface area (Å²) in [5.74, 6) is 6.19. The third kappa shape index (κ3) is 4.23. The van der Waals surface area contributed by atoms with E-state index < -0.39 is 0 Å². The highest BCUT2D eigenvalue weighted by Crippen LogP contribution is 2.25. The lowest BCUT2D eigenvalue weighted by atomic mass is 10.0. The first kappa shape index (κ1) is 17.3. The van der Waals surface area contributed by atoms with Crippen molar-refractivity contribution in [3.8, 4) is 11.8 Å². The molecule has 0 radical (unpaired) electrons. The number of rotatable bonds is 1. The standard InChI is InChI=1S/C18H15NO.C2H5NO/c1-2-18(20)19-13-16-9-4-3-7-14(16)11-12-15-8-5-6-10-17(15)19;1-2(3)4/h3-10H,2,13H2,1H3;1H3,(H2,3,4). The lowest BCUT2D eigenvalue weighted by Crippen LogP contribution is -2.31. The summed E-state index contributed by atoms with van der Waals surface area (Å²) >= 11 is 0. The van der Waals surface area contributed by atoms with Gasteiger partial charge in [-0.3, -0.25) is 9.59 Å². The lowest BCUT2D eigenvalue weighted by Gasteiger charge is -2.25. The molecule has 4 heteroatoms. The Labute approximate surface area is 142 Å². The number of benzene rings is 2. The predicted octanol–water partition coefficient (Wildman–Crippen LogP) is 2.83. The third-order valence-electron chi connectivity index (χ3n) is 3.48. The van der Waals surface area contributed by atoms with Crippen molar-refractivity contribution >= 4 is 17.5 Å². The summed E-state index contributed by atoms with van der Waals surface area (Å²) < 4.78 is 0. The molecule has 0 atom stereocenters. The van der Waals surface area contributed by atoms with E-state index in [-0.39, 0.29) is 11.8 Å². The molecule has 0 bridgehead atoms. The third-order valence-corrected chi connectivity index (χ3v) is 3.48. The fourth-order valence-electron chi connectivity index (χ4n) is 2.40. The second-order valence-corrected chi connectivity index (χ2v) is 5.37. The number of nitrogens with zero attached hydrogens (tertiary/aromatic N) is 1. The molecule has 0 saturated heterocycles. The fraction of sp³-hybridized carbons (Fsp3) is 0.200. The largest absolute Gasteiger partial charge is 0.370 e. The number of carbonyl (C=O) groups is 2. The van der Waals surface area contributed by atoms with Gasteiger partial charge in [-0.2, -0.15) is 0 Å². The molecule has 0 unspecified atom stereocenters. The highest BCUT2D eigenvalue weighted by atomic mass is 16.2. The molecule has 0 aromatic heterocycles. The minimum Gasteiger partial charge on any atom is -0.370 e. The molecule has 0 fully saturated rings. The van der Waals surface area contributed by atoms with Crippen molar-refractivity contribution in [3.63, 3.8) is 0 Å². The zero-order valence-corrected chi connectivity index (χ0v) is 13.9. The molecule has 24 heavy (non-hydrogen) atoms. The first-order chi connectivity index (χ1) is 11.5. The summed E-state index contributed by atoms with van der Waals surface area (Å²) in [6.45, 7) is 3.77. The second-order valence-electron chi connectivity index (χ2n) is 5.37. The molecule has 2 aromatic carbocycles. The molecule has 3 rings (SSSR count). The Morgan fingerprint density at radius 2 is 1.58 bits per heavy atom. The normalized spacial score (nSPS) is 11.3. The number of primary amides is 1. The molecule has 4 nitrogen and oxygen atoms in total. The summed E-state index contributed by atoms with van der Waals surface area (Å²) in [4.78, 5) is 23.3. The number of nitrogens with two attached hydrogens (primary N) is 1. The number of anilines is 1. The van der Waals surface area contributed by atoms with Gasteiger partial charge in [-0.15, -0.1) is 0 Å². The minimum absolute atomic E-state index is 0.121. The van der Waals surface area contributed by atoms with E-state index in [9.17, 15) is 9.59 Å². The van der Waals surface area contributed by atoms with Crippen LogP contribution in [0.5, 0.6) is 0 Å². The molecule has 2 N–H and O–H groups in total. The van der Waals surface area contributed by atoms with Gasteiger partial charge in [0.2, 0.25) is 11.8 Å². The molecule has 1 heterocycles. The van der Waals surface area contributed by atoms with E-state index >= 15 is 0 Å². The molecule has 0 saturated carbocycles. The molecule has 2 aromatic rings. The van der Waals surface area contributed by atoms with E-state index in [0.29, 0.717) is 13.0 Å². The van der Waals surface area contributed by atoms with Crippen LogP contribution in [0.3, 0.4) is 0 Å². The SMILES string of the molecule is CC(N)=O.CCC(=O)N1Cc2ccccc2C#Cc2ccccc21. The zero-order chi connectivity index (χ0) is 17.5. The monoisotopic (exact) mass is 320 g/mol. The number of para-hydroxylation sites is 1. The van der Waals surface area contributed by atoms with E-state index in [1.807, 2.05) is 60.4 Å². The Balaban J connectivity index is 0.000000471. The smallest absolute Gasteiger partial charge is 0.227 e. The van der Waals surface area contributed by atoms with Crippen molar-refractivity contribution in [2.75, 3.05) is 4.90 Å². The van der Waals surface area contributed by atoms with Crippen molar-refractivity contribution in [1.82, 2.24) is 0 Å². The van der Waals surface area contributed by atoms with Crippen molar-refractivity contribution in [2.24, 2.45) is 5.73 Å². The summed E-state index contributed by atoms with van der Waals surface area (Å²) in [7, 11) is 0. The maximum absolute atomic E-state index is 12.3. The molecular weight excluding hydrogens is 300 g/mol. The van der Waals surface area contributed by atoms with Crippen LogP contribution in [0.15, 0.2) is 48.5 Å². The van der Waals surface area contributed by atoms with Crippen LogP contribution in [-0.4, -0.2) is 11.8 Å². The Hall–Kier alpha value is -3.06. The van der Waals surface area contributed by atoms with Gasteiger partial charge in [0.1, 0.15) is 0 Å². The maximum Gasteiger partial charge on any atom is 0.227 e. The van der Waals surface area contributed by atoms with Crippen LogP contribution >= 0.6 is 0 Å². The second kappa shape index (κ2) is 7.98. The molecular formula is C20H20N2O2. The molecule has 122 valence electrons. The number of amides is 2. The highest BCUT2D eigenvalue weighted by Gasteiger charge is 2.19. The molecule has 1 aliphatic heterocycles. The summed E-state index contributed by atoms with van der Waals surface area (Å²) in [5, 5.41) is 0. The van der Waals surface area contributed by atoms with E-state index in [4.69, 9.17) is 0 Å². The Bertz CT molecular complexity index is 812. The molecule has 2 amide bonds. The minimum atomic E-state index is -0.333. The topological polar surface area (TPSA) is 63.4 Å². The van der Waals surface area contributed by atoms with Gasteiger partial charge in [0.15, 0.2) is 0 Å². The van der Waals surface area contributed by atoms with Gasteiger partial charge in [0, 0.05) is 24.5 Å². The summed E-state index contributed by atoms with van der Waals surface area (Å²) in [5.41, 5.74) is 8.37.